The maximum absolute atomic E-state index is 12.7. The first kappa shape index (κ1) is 18.7. The van der Waals surface area contributed by atoms with E-state index in [9.17, 15) is 4.79 Å². The molecule has 1 saturated heterocycles. The molecule has 4 heteroatoms. The SMILES string of the molecule is O=C1C[C@H](c2cccc(Cl)c2)P(c2ccccc2)[C@H](c2cccc(Cl)c2)C1. The van der Waals surface area contributed by atoms with Crippen LogP contribution < -0.4 is 5.30 Å². The first-order valence-corrected chi connectivity index (χ1v) is 11.2. The quantitative estimate of drug-likeness (QED) is 0.425. The van der Waals surface area contributed by atoms with E-state index in [0.29, 0.717) is 28.7 Å². The van der Waals surface area contributed by atoms with Crippen LogP contribution in [0.3, 0.4) is 0 Å². The number of carbonyl (C=O) groups is 1. The second kappa shape index (κ2) is 8.15. The van der Waals surface area contributed by atoms with E-state index in [4.69, 9.17) is 23.2 Å². The lowest BCUT2D eigenvalue weighted by Gasteiger charge is -2.39. The summed E-state index contributed by atoms with van der Waals surface area (Å²) >= 11 is 12.5. The lowest BCUT2D eigenvalue weighted by molar-refractivity contribution is -0.119. The van der Waals surface area contributed by atoms with Crippen molar-refractivity contribution in [1.82, 2.24) is 0 Å². The molecule has 0 radical (unpaired) electrons. The van der Waals surface area contributed by atoms with E-state index in [0.717, 1.165) is 11.1 Å². The highest BCUT2D eigenvalue weighted by atomic mass is 35.5. The molecule has 3 aromatic rings. The van der Waals surface area contributed by atoms with Crippen LogP contribution in [0.1, 0.15) is 35.3 Å². The van der Waals surface area contributed by atoms with Crippen molar-refractivity contribution in [3.63, 3.8) is 0 Å². The second-order valence-corrected chi connectivity index (χ2v) is 10.3. The average Bonchev–Trinajstić information content (AvgIpc) is 2.68. The first-order chi connectivity index (χ1) is 13.1. The largest absolute Gasteiger partial charge is 0.300 e. The lowest BCUT2D eigenvalue weighted by atomic mass is 10.0. The molecule has 1 aliphatic heterocycles. The van der Waals surface area contributed by atoms with Gasteiger partial charge in [0.25, 0.3) is 0 Å². The summed E-state index contributed by atoms with van der Waals surface area (Å²) in [6.07, 6.45) is 1.13. The van der Waals surface area contributed by atoms with Gasteiger partial charge in [0, 0.05) is 34.2 Å². The van der Waals surface area contributed by atoms with Gasteiger partial charge >= 0.3 is 0 Å². The molecule has 0 N–H and O–H groups in total. The predicted molar refractivity (Wildman–Crippen MR) is 116 cm³/mol. The van der Waals surface area contributed by atoms with Crippen LogP contribution in [0.2, 0.25) is 10.0 Å². The van der Waals surface area contributed by atoms with E-state index in [2.05, 4.69) is 36.4 Å². The molecule has 0 saturated carbocycles. The summed E-state index contributed by atoms with van der Waals surface area (Å²) in [5, 5.41) is 2.75. The number of rotatable bonds is 3. The van der Waals surface area contributed by atoms with Crippen molar-refractivity contribution in [2.24, 2.45) is 0 Å². The van der Waals surface area contributed by atoms with Crippen molar-refractivity contribution in [2.45, 2.75) is 24.2 Å². The average molecular weight is 413 g/mol. The van der Waals surface area contributed by atoms with Crippen LogP contribution in [-0.2, 0) is 4.79 Å². The minimum atomic E-state index is -0.636. The number of Topliss-reactive ketones (excluding diaryl/α,β-unsaturated/α-hetero) is 1. The number of halogens is 2. The summed E-state index contributed by atoms with van der Waals surface area (Å²) in [5.74, 6) is 0.305. The van der Waals surface area contributed by atoms with Gasteiger partial charge in [-0.15, -0.1) is 0 Å². The maximum atomic E-state index is 12.7. The van der Waals surface area contributed by atoms with Gasteiger partial charge in [-0.1, -0.05) is 85.7 Å². The van der Waals surface area contributed by atoms with Gasteiger partial charge in [0.1, 0.15) is 5.78 Å². The highest BCUT2D eigenvalue weighted by Crippen LogP contribution is 2.66. The highest BCUT2D eigenvalue weighted by Gasteiger charge is 2.39. The zero-order valence-electron chi connectivity index (χ0n) is 14.7. The Morgan fingerprint density at radius 2 is 1.22 bits per heavy atom. The molecule has 3 atom stereocenters. The Labute approximate surface area is 171 Å². The monoisotopic (exact) mass is 412 g/mol. The molecule has 1 nitrogen and oxygen atoms in total. The van der Waals surface area contributed by atoms with Gasteiger partial charge in [-0.3, -0.25) is 4.79 Å². The van der Waals surface area contributed by atoms with Crippen molar-refractivity contribution >= 4 is 42.2 Å². The fourth-order valence-electron chi connectivity index (χ4n) is 3.87. The molecular formula is C23H19Cl2OP. The van der Waals surface area contributed by atoms with Gasteiger partial charge in [0.05, 0.1) is 0 Å². The zero-order valence-corrected chi connectivity index (χ0v) is 17.1. The van der Waals surface area contributed by atoms with Gasteiger partial charge in [0.15, 0.2) is 0 Å². The molecule has 0 bridgehead atoms. The zero-order chi connectivity index (χ0) is 18.8. The third-order valence-electron chi connectivity index (χ3n) is 5.03. The normalized spacial score (nSPS) is 22.6. The Morgan fingerprint density at radius 1 is 0.704 bits per heavy atom. The predicted octanol–water partition coefficient (Wildman–Crippen LogP) is 6.95. The van der Waals surface area contributed by atoms with Crippen molar-refractivity contribution in [1.29, 1.82) is 0 Å². The molecule has 1 heterocycles. The first-order valence-electron chi connectivity index (χ1n) is 8.98. The summed E-state index contributed by atoms with van der Waals surface area (Å²) < 4.78 is 0. The standard InChI is InChI=1S/C23H19Cl2OP/c24-18-8-4-6-16(12-18)22-14-20(26)15-23(17-7-5-9-19(25)13-17)27(22)21-10-2-1-3-11-21/h1-13,22-23H,14-15H2/t22-,23+,27?. The van der Waals surface area contributed by atoms with Crippen LogP contribution in [0, 0.1) is 0 Å². The van der Waals surface area contributed by atoms with E-state index in [-0.39, 0.29) is 11.3 Å². The van der Waals surface area contributed by atoms with E-state index in [1.807, 2.05) is 42.5 Å². The van der Waals surface area contributed by atoms with E-state index < -0.39 is 7.92 Å². The molecule has 4 rings (SSSR count). The van der Waals surface area contributed by atoms with Crippen molar-refractivity contribution in [2.75, 3.05) is 0 Å². The number of carbonyl (C=O) groups excluding carboxylic acids is 1. The Balaban J connectivity index is 1.85. The molecule has 0 spiro atoms. The van der Waals surface area contributed by atoms with Crippen LogP contribution in [0.15, 0.2) is 78.9 Å². The van der Waals surface area contributed by atoms with Gasteiger partial charge in [-0.25, -0.2) is 0 Å². The van der Waals surface area contributed by atoms with E-state index >= 15 is 0 Å². The minimum absolute atomic E-state index is 0.159. The Morgan fingerprint density at radius 3 is 1.70 bits per heavy atom. The van der Waals surface area contributed by atoms with Crippen LogP contribution in [0.25, 0.3) is 0 Å². The van der Waals surface area contributed by atoms with Gasteiger partial charge in [0.2, 0.25) is 0 Å². The Hall–Kier alpha value is -1.66. The van der Waals surface area contributed by atoms with Gasteiger partial charge in [-0.05, 0) is 40.7 Å². The van der Waals surface area contributed by atoms with Crippen LogP contribution in [-0.4, -0.2) is 5.78 Å². The molecule has 1 aliphatic rings. The van der Waals surface area contributed by atoms with E-state index in [1.165, 1.54) is 5.30 Å². The number of benzene rings is 3. The summed E-state index contributed by atoms with van der Waals surface area (Å²) in [7, 11) is -0.636. The molecule has 1 fully saturated rings. The molecule has 0 aliphatic carbocycles. The summed E-state index contributed by atoms with van der Waals surface area (Å²) in [6.45, 7) is 0. The lowest BCUT2D eigenvalue weighted by Crippen LogP contribution is -2.23. The molecule has 3 aromatic carbocycles. The summed E-state index contributed by atoms with van der Waals surface area (Å²) in [5.41, 5.74) is 2.62. The fraction of sp³-hybridized carbons (Fsp3) is 0.174. The third kappa shape index (κ3) is 4.11. The second-order valence-electron chi connectivity index (χ2n) is 6.83. The summed E-state index contributed by atoms with van der Waals surface area (Å²) in [6, 6.07) is 26.5. The smallest absolute Gasteiger partial charge is 0.134 e. The number of hydrogen-bond acceptors (Lipinski definition) is 1. The van der Waals surface area contributed by atoms with Crippen LogP contribution in [0.5, 0.6) is 0 Å². The fourth-order valence-corrected chi connectivity index (χ4v) is 7.71. The highest BCUT2D eigenvalue weighted by molar-refractivity contribution is 7.66. The molecule has 1 unspecified atom stereocenters. The molecule has 0 aromatic heterocycles. The van der Waals surface area contributed by atoms with Crippen molar-refractivity contribution in [3.05, 3.63) is 100 Å². The Bertz CT molecular complexity index is 900. The molecule has 27 heavy (non-hydrogen) atoms. The van der Waals surface area contributed by atoms with Gasteiger partial charge < -0.3 is 0 Å². The minimum Gasteiger partial charge on any atom is -0.300 e. The van der Waals surface area contributed by atoms with E-state index in [1.54, 1.807) is 0 Å². The number of hydrogen-bond donors (Lipinski definition) is 0. The van der Waals surface area contributed by atoms with Crippen LogP contribution >= 0.6 is 31.1 Å². The molecule has 136 valence electrons. The van der Waals surface area contributed by atoms with Crippen LogP contribution in [0.4, 0.5) is 0 Å². The molecular weight excluding hydrogens is 394 g/mol. The molecule has 0 amide bonds. The third-order valence-corrected chi connectivity index (χ3v) is 8.70. The maximum Gasteiger partial charge on any atom is 0.134 e. The van der Waals surface area contributed by atoms with Crippen molar-refractivity contribution < 1.29 is 4.79 Å². The summed E-state index contributed by atoms with van der Waals surface area (Å²) in [4.78, 5) is 12.7. The number of ketones is 1. The van der Waals surface area contributed by atoms with Gasteiger partial charge in [-0.2, -0.15) is 0 Å². The Kier molecular flexibility index (Phi) is 5.64. The topological polar surface area (TPSA) is 17.1 Å². The van der Waals surface area contributed by atoms with Crippen molar-refractivity contribution in [3.8, 4) is 0 Å².